The number of hydrogen-bond acceptors (Lipinski definition) is 3. The van der Waals surface area contributed by atoms with E-state index < -0.39 is 11.6 Å². The number of hydrogen-bond donors (Lipinski definition) is 2. The lowest BCUT2D eigenvalue weighted by molar-refractivity contribution is -0.126. The number of ketones is 1. The smallest absolute Gasteiger partial charge is 0.174 e. The zero-order chi connectivity index (χ0) is 13.3. The van der Waals surface area contributed by atoms with E-state index in [1.807, 2.05) is 24.3 Å². The molecule has 0 aromatic heterocycles. The molecule has 0 aliphatic heterocycles. The third-order valence-corrected chi connectivity index (χ3v) is 3.83. The van der Waals surface area contributed by atoms with Gasteiger partial charge in [0.2, 0.25) is 0 Å². The highest BCUT2D eigenvalue weighted by atomic mass is 16.1. The molecule has 1 aromatic rings. The van der Waals surface area contributed by atoms with E-state index in [4.69, 9.17) is 11.5 Å². The highest BCUT2D eigenvalue weighted by Gasteiger charge is 2.43. The Morgan fingerprint density at radius 2 is 2.06 bits per heavy atom. The molecule has 0 saturated heterocycles. The van der Waals surface area contributed by atoms with Crippen molar-refractivity contribution in [3.63, 3.8) is 0 Å². The number of fused-ring (bicyclic) bond motifs is 1. The van der Waals surface area contributed by atoms with Crippen molar-refractivity contribution >= 4 is 5.78 Å². The topological polar surface area (TPSA) is 69.1 Å². The first-order valence-electron chi connectivity index (χ1n) is 6.62. The number of rotatable bonds is 3. The van der Waals surface area contributed by atoms with Crippen molar-refractivity contribution in [1.29, 1.82) is 0 Å². The van der Waals surface area contributed by atoms with Crippen molar-refractivity contribution in [2.75, 3.05) is 0 Å². The van der Waals surface area contributed by atoms with Gasteiger partial charge in [0.1, 0.15) is 5.54 Å². The van der Waals surface area contributed by atoms with Crippen LogP contribution in [0.25, 0.3) is 0 Å². The summed E-state index contributed by atoms with van der Waals surface area (Å²) in [4.78, 5) is 12.4. The molecule has 1 aliphatic rings. The standard InChI is InChI=1S/C15H22N2O/c1-10(2)7-8-15(17)12-6-4-3-5-11(12)9-13(16)14(15)18/h3-6,10,13H,7-9,16-17H2,1-2H3. The molecule has 2 rings (SSSR count). The van der Waals surface area contributed by atoms with Gasteiger partial charge in [-0.25, -0.2) is 0 Å². The molecule has 0 radical (unpaired) electrons. The predicted octanol–water partition coefficient (Wildman–Crippen LogP) is 1.73. The molecule has 98 valence electrons. The Balaban J connectivity index is 2.40. The monoisotopic (exact) mass is 246 g/mol. The Hall–Kier alpha value is -1.19. The predicted molar refractivity (Wildman–Crippen MR) is 73.1 cm³/mol. The van der Waals surface area contributed by atoms with Gasteiger partial charge in [-0.05, 0) is 36.3 Å². The zero-order valence-electron chi connectivity index (χ0n) is 11.1. The van der Waals surface area contributed by atoms with Crippen LogP contribution in [0.3, 0.4) is 0 Å². The summed E-state index contributed by atoms with van der Waals surface area (Å²) in [6.07, 6.45) is 2.22. The SMILES string of the molecule is CC(C)CCC1(N)C(=O)C(N)Cc2ccccc21. The van der Waals surface area contributed by atoms with Crippen LogP contribution >= 0.6 is 0 Å². The minimum atomic E-state index is -0.890. The van der Waals surface area contributed by atoms with Gasteiger partial charge in [0.15, 0.2) is 5.78 Å². The van der Waals surface area contributed by atoms with E-state index in [2.05, 4.69) is 13.8 Å². The first-order valence-corrected chi connectivity index (χ1v) is 6.62. The van der Waals surface area contributed by atoms with Gasteiger partial charge in [-0.3, -0.25) is 4.79 Å². The average molecular weight is 246 g/mol. The van der Waals surface area contributed by atoms with Crippen LogP contribution in [-0.2, 0) is 16.8 Å². The van der Waals surface area contributed by atoms with Gasteiger partial charge in [0.05, 0.1) is 6.04 Å². The molecule has 4 N–H and O–H groups in total. The fraction of sp³-hybridized carbons (Fsp3) is 0.533. The maximum absolute atomic E-state index is 12.4. The number of carbonyl (C=O) groups is 1. The molecule has 1 aliphatic carbocycles. The van der Waals surface area contributed by atoms with E-state index in [-0.39, 0.29) is 5.78 Å². The molecule has 0 heterocycles. The third kappa shape index (κ3) is 2.20. The van der Waals surface area contributed by atoms with E-state index in [9.17, 15) is 4.79 Å². The second-order valence-corrected chi connectivity index (χ2v) is 5.74. The summed E-state index contributed by atoms with van der Waals surface area (Å²) in [6, 6.07) is 7.46. The Bertz CT molecular complexity index is 456. The van der Waals surface area contributed by atoms with E-state index in [0.29, 0.717) is 18.8 Å². The molecule has 0 saturated carbocycles. The quantitative estimate of drug-likeness (QED) is 0.853. The summed E-state index contributed by atoms with van der Waals surface area (Å²) in [6.45, 7) is 4.28. The number of Topliss-reactive ketones (excluding diaryl/α,β-unsaturated/α-hetero) is 1. The van der Waals surface area contributed by atoms with Crippen molar-refractivity contribution in [2.24, 2.45) is 17.4 Å². The Labute approximate surface area is 109 Å². The first-order chi connectivity index (χ1) is 8.45. The van der Waals surface area contributed by atoms with Crippen molar-refractivity contribution < 1.29 is 4.79 Å². The fourth-order valence-electron chi connectivity index (χ4n) is 2.70. The summed E-state index contributed by atoms with van der Waals surface area (Å²) < 4.78 is 0. The molecule has 2 atom stereocenters. The van der Waals surface area contributed by atoms with Crippen LogP contribution in [0, 0.1) is 5.92 Å². The summed E-state index contributed by atoms with van der Waals surface area (Å²) in [5, 5.41) is 0. The lowest BCUT2D eigenvalue weighted by Gasteiger charge is -2.37. The largest absolute Gasteiger partial charge is 0.321 e. The molecule has 0 bridgehead atoms. The van der Waals surface area contributed by atoms with Gasteiger partial charge in [-0.2, -0.15) is 0 Å². The second-order valence-electron chi connectivity index (χ2n) is 5.74. The molecular weight excluding hydrogens is 224 g/mol. The van der Waals surface area contributed by atoms with Gasteiger partial charge in [-0.15, -0.1) is 0 Å². The lowest BCUT2D eigenvalue weighted by Crippen LogP contribution is -2.56. The van der Waals surface area contributed by atoms with E-state index in [1.54, 1.807) is 0 Å². The van der Waals surface area contributed by atoms with Crippen LogP contribution in [0.15, 0.2) is 24.3 Å². The maximum atomic E-state index is 12.4. The van der Waals surface area contributed by atoms with E-state index >= 15 is 0 Å². The molecule has 0 fully saturated rings. The lowest BCUT2D eigenvalue weighted by atomic mass is 9.71. The summed E-state index contributed by atoms with van der Waals surface area (Å²) in [7, 11) is 0. The van der Waals surface area contributed by atoms with Crippen LogP contribution < -0.4 is 11.5 Å². The molecule has 2 unspecified atom stereocenters. The average Bonchev–Trinajstić information content (AvgIpc) is 2.34. The highest BCUT2D eigenvalue weighted by molar-refractivity contribution is 5.95. The van der Waals surface area contributed by atoms with Gasteiger partial charge >= 0.3 is 0 Å². The van der Waals surface area contributed by atoms with Gasteiger partial charge < -0.3 is 11.5 Å². The van der Waals surface area contributed by atoms with Gasteiger partial charge in [0, 0.05) is 0 Å². The van der Waals surface area contributed by atoms with Crippen molar-refractivity contribution in [1.82, 2.24) is 0 Å². The minimum Gasteiger partial charge on any atom is -0.321 e. The first kappa shape index (κ1) is 13.2. The molecule has 3 heteroatoms. The molecule has 18 heavy (non-hydrogen) atoms. The molecule has 1 aromatic carbocycles. The van der Waals surface area contributed by atoms with E-state index in [0.717, 1.165) is 17.5 Å². The van der Waals surface area contributed by atoms with Crippen LogP contribution in [-0.4, -0.2) is 11.8 Å². The van der Waals surface area contributed by atoms with Crippen LogP contribution in [0.2, 0.25) is 0 Å². The normalized spacial score (nSPS) is 27.4. The number of nitrogens with two attached hydrogens (primary N) is 2. The fourth-order valence-corrected chi connectivity index (χ4v) is 2.70. The number of benzene rings is 1. The van der Waals surface area contributed by atoms with Crippen molar-refractivity contribution in [3.05, 3.63) is 35.4 Å². The van der Waals surface area contributed by atoms with Crippen molar-refractivity contribution in [3.8, 4) is 0 Å². The highest BCUT2D eigenvalue weighted by Crippen LogP contribution is 2.34. The molecule has 0 spiro atoms. The van der Waals surface area contributed by atoms with Crippen molar-refractivity contribution in [2.45, 2.75) is 44.7 Å². The number of carbonyl (C=O) groups excluding carboxylic acids is 1. The van der Waals surface area contributed by atoms with E-state index in [1.165, 1.54) is 0 Å². The molecular formula is C15H22N2O. The Morgan fingerprint density at radius 3 is 2.72 bits per heavy atom. The minimum absolute atomic E-state index is 0.0122. The third-order valence-electron chi connectivity index (χ3n) is 3.83. The molecule has 3 nitrogen and oxygen atoms in total. The van der Waals surface area contributed by atoms with Gasteiger partial charge in [0.25, 0.3) is 0 Å². The maximum Gasteiger partial charge on any atom is 0.174 e. The van der Waals surface area contributed by atoms with Crippen LogP contribution in [0.1, 0.15) is 37.8 Å². The van der Waals surface area contributed by atoms with Crippen LogP contribution in [0.4, 0.5) is 0 Å². The zero-order valence-corrected chi connectivity index (χ0v) is 11.1. The Kier molecular flexibility index (Phi) is 3.55. The summed E-state index contributed by atoms with van der Waals surface area (Å²) >= 11 is 0. The second kappa shape index (κ2) is 4.82. The van der Waals surface area contributed by atoms with Gasteiger partial charge in [-0.1, -0.05) is 38.1 Å². The summed E-state index contributed by atoms with van der Waals surface area (Å²) in [5.74, 6) is 0.519. The summed E-state index contributed by atoms with van der Waals surface area (Å²) in [5.41, 5.74) is 13.6. The van der Waals surface area contributed by atoms with Crippen LogP contribution in [0.5, 0.6) is 0 Å². The molecule has 0 amide bonds. The Morgan fingerprint density at radius 1 is 1.39 bits per heavy atom.